The summed E-state index contributed by atoms with van der Waals surface area (Å²) >= 11 is 1.37. The van der Waals surface area contributed by atoms with Gasteiger partial charge in [0.1, 0.15) is 11.0 Å². The third-order valence-corrected chi connectivity index (χ3v) is 5.62. The van der Waals surface area contributed by atoms with E-state index in [2.05, 4.69) is 17.6 Å². The zero-order valence-electron chi connectivity index (χ0n) is 17.2. The van der Waals surface area contributed by atoms with Crippen LogP contribution < -0.4 is 10.6 Å². The maximum Gasteiger partial charge on any atom is 0.341 e. The summed E-state index contributed by atoms with van der Waals surface area (Å²) in [4.78, 5) is 26.6. The number of ether oxygens (including phenoxy) is 1. The molecule has 0 radical (unpaired) electrons. The summed E-state index contributed by atoms with van der Waals surface area (Å²) in [7, 11) is 0. The fraction of sp³-hybridized carbons (Fsp3) is 0.250. The average Bonchev–Trinajstić information content (AvgIpc) is 3.19. The van der Waals surface area contributed by atoms with Gasteiger partial charge in [-0.25, -0.2) is 4.79 Å². The fourth-order valence-electron chi connectivity index (χ4n) is 3.07. The lowest BCUT2D eigenvalue weighted by Crippen LogP contribution is -2.33. The summed E-state index contributed by atoms with van der Waals surface area (Å²) in [5, 5.41) is 6.76. The van der Waals surface area contributed by atoms with Crippen molar-refractivity contribution in [3.8, 4) is 10.4 Å². The van der Waals surface area contributed by atoms with Gasteiger partial charge in [0.05, 0.1) is 12.2 Å². The molecular weight excluding hydrogens is 396 g/mol. The highest BCUT2D eigenvalue weighted by atomic mass is 32.1. The molecule has 1 aromatic heterocycles. The lowest BCUT2D eigenvalue weighted by atomic mass is 10.1. The Hall–Kier alpha value is -2.96. The van der Waals surface area contributed by atoms with Crippen LogP contribution in [-0.4, -0.2) is 25.0 Å². The lowest BCUT2D eigenvalue weighted by Gasteiger charge is -2.18. The summed E-state index contributed by atoms with van der Waals surface area (Å²) in [6, 6.07) is 20.6. The smallest absolute Gasteiger partial charge is 0.341 e. The molecule has 0 bridgehead atoms. The second kappa shape index (κ2) is 10.7. The van der Waals surface area contributed by atoms with Gasteiger partial charge in [-0.15, -0.1) is 11.3 Å². The first kappa shape index (κ1) is 21.7. The predicted octanol–water partition coefficient (Wildman–Crippen LogP) is 5.27. The topological polar surface area (TPSA) is 67.4 Å². The van der Waals surface area contributed by atoms with Gasteiger partial charge < -0.3 is 15.4 Å². The lowest BCUT2D eigenvalue weighted by molar-refractivity contribution is -0.118. The molecule has 0 spiro atoms. The maximum absolute atomic E-state index is 13.2. The van der Waals surface area contributed by atoms with E-state index >= 15 is 0 Å². The van der Waals surface area contributed by atoms with Crippen LogP contribution in [0.1, 0.15) is 42.2 Å². The third kappa shape index (κ3) is 5.34. The molecule has 0 saturated heterocycles. The molecule has 5 nitrogen and oxygen atoms in total. The van der Waals surface area contributed by atoms with Gasteiger partial charge in [-0.05, 0) is 37.1 Å². The summed E-state index contributed by atoms with van der Waals surface area (Å²) in [5.41, 5.74) is 2.23. The van der Waals surface area contributed by atoms with Crippen LogP contribution >= 0.6 is 11.3 Å². The first-order valence-corrected chi connectivity index (χ1v) is 10.9. The van der Waals surface area contributed by atoms with Gasteiger partial charge in [0.25, 0.3) is 0 Å². The minimum atomic E-state index is -0.511. The van der Waals surface area contributed by atoms with Crippen LogP contribution in [-0.2, 0) is 9.53 Å². The number of carbonyl (C=O) groups is 2. The van der Waals surface area contributed by atoms with Gasteiger partial charge in [0.2, 0.25) is 5.91 Å². The molecule has 0 fully saturated rings. The number of esters is 1. The van der Waals surface area contributed by atoms with Crippen molar-refractivity contribution in [3.63, 3.8) is 0 Å². The van der Waals surface area contributed by atoms with Gasteiger partial charge in [-0.1, -0.05) is 67.6 Å². The second-order valence-electron chi connectivity index (χ2n) is 6.73. The average molecular weight is 423 g/mol. The molecule has 0 aliphatic carbocycles. The SMILES string of the molecule is CCCN[C@@H](C(=O)Nc1sc(-c2ccccc2)cc1C(=O)OCC)c1ccccc1. The Labute approximate surface area is 181 Å². The van der Waals surface area contributed by atoms with Crippen LogP contribution in [0.5, 0.6) is 0 Å². The molecule has 2 aromatic carbocycles. The summed E-state index contributed by atoms with van der Waals surface area (Å²) in [6.07, 6.45) is 0.905. The number of thiophene rings is 1. The highest BCUT2D eigenvalue weighted by Gasteiger charge is 2.24. The Bertz CT molecular complexity index is 971. The number of hydrogen-bond acceptors (Lipinski definition) is 5. The van der Waals surface area contributed by atoms with Crippen molar-refractivity contribution in [1.29, 1.82) is 0 Å². The summed E-state index contributed by atoms with van der Waals surface area (Å²) in [5.74, 6) is -0.648. The fourth-order valence-corrected chi connectivity index (χ4v) is 4.12. The van der Waals surface area contributed by atoms with E-state index in [9.17, 15) is 9.59 Å². The van der Waals surface area contributed by atoms with Crippen molar-refractivity contribution >= 4 is 28.2 Å². The minimum absolute atomic E-state index is 0.207. The van der Waals surface area contributed by atoms with E-state index in [-0.39, 0.29) is 12.5 Å². The van der Waals surface area contributed by atoms with Crippen LogP contribution in [0.2, 0.25) is 0 Å². The van der Waals surface area contributed by atoms with Gasteiger partial charge in [0.15, 0.2) is 0 Å². The molecule has 1 atom stereocenters. The van der Waals surface area contributed by atoms with Crippen LogP contribution in [0.4, 0.5) is 5.00 Å². The number of carbonyl (C=O) groups excluding carboxylic acids is 2. The van der Waals surface area contributed by atoms with Gasteiger partial charge in [0, 0.05) is 4.88 Å². The number of anilines is 1. The predicted molar refractivity (Wildman–Crippen MR) is 122 cm³/mol. The molecule has 0 aliphatic rings. The zero-order valence-corrected chi connectivity index (χ0v) is 18.0. The number of hydrogen-bond donors (Lipinski definition) is 2. The van der Waals surface area contributed by atoms with E-state index in [0.29, 0.717) is 17.1 Å². The Morgan fingerprint density at radius 3 is 2.30 bits per heavy atom. The zero-order chi connectivity index (χ0) is 21.3. The molecule has 6 heteroatoms. The maximum atomic E-state index is 13.2. The Balaban J connectivity index is 1.91. The molecule has 0 saturated carbocycles. The highest BCUT2D eigenvalue weighted by Crippen LogP contribution is 2.36. The monoisotopic (exact) mass is 422 g/mol. The highest BCUT2D eigenvalue weighted by molar-refractivity contribution is 7.20. The largest absolute Gasteiger partial charge is 0.462 e. The van der Waals surface area contributed by atoms with E-state index in [0.717, 1.165) is 22.4 Å². The normalized spacial score (nSPS) is 11.7. The van der Waals surface area contributed by atoms with Gasteiger partial charge >= 0.3 is 5.97 Å². The van der Waals surface area contributed by atoms with Crippen LogP contribution in [0, 0.1) is 0 Å². The number of amides is 1. The van der Waals surface area contributed by atoms with Crippen molar-refractivity contribution in [2.45, 2.75) is 26.3 Å². The molecule has 30 heavy (non-hydrogen) atoms. The Morgan fingerprint density at radius 2 is 1.67 bits per heavy atom. The minimum Gasteiger partial charge on any atom is -0.462 e. The van der Waals surface area contributed by atoms with Crippen molar-refractivity contribution < 1.29 is 14.3 Å². The third-order valence-electron chi connectivity index (χ3n) is 4.52. The molecule has 3 rings (SSSR count). The van der Waals surface area contributed by atoms with E-state index in [1.165, 1.54) is 11.3 Å². The molecule has 156 valence electrons. The molecule has 0 unspecified atom stereocenters. The van der Waals surface area contributed by atoms with E-state index in [1.807, 2.05) is 60.7 Å². The summed E-state index contributed by atoms with van der Waals surface area (Å²) < 4.78 is 5.21. The molecule has 2 N–H and O–H groups in total. The Kier molecular flexibility index (Phi) is 7.76. The van der Waals surface area contributed by atoms with Crippen LogP contribution in [0.15, 0.2) is 66.7 Å². The number of benzene rings is 2. The first-order chi connectivity index (χ1) is 14.6. The van der Waals surface area contributed by atoms with Crippen molar-refractivity contribution in [3.05, 3.63) is 77.9 Å². The van der Waals surface area contributed by atoms with Crippen LogP contribution in [0.3, 0.4) is 0 Å². The Morgan fingerprint density at radius 1 is 1.00 bits per heavy atom. The quantitative estimate of drug-likeness (QED) is 0.461. The number of nitrogens with one attached hydrogen (secondary N) is 2. The summed E-state index contributed by atoms with van der Waals surface area (Å²) in [6.45, 7) is 4.79. The van der Waals surface area contributed by atoms with E-state index < -0.39 is 12.0 Å². The second-order valence-corrected chi connectivity index (χ2v) is 7.78. The molecule has 1 heterocycles. The van der Waals surface area contributed by atoms with Gasteiger partial charge in [-0.3, -0.25) is 4.79 Å². The standard InChI is InChI=1S/C24H26N2O3S/c1-3-15-25-21(18-13-9-6-10-14-18)22(27)26-23-19(24(28)29-4-2)16-20(30-23)17-11-7-5-8-12-17/h5-14,16,21,25H,3-4,15H2,1-2H3,(H,26,27)/t21-/m1/s1. The number of rotatable bonds is 9. The van der Waals surface area contributed by atoms with E-state index in [4.69, 9.17) is 4.74 Å². The van der Waals surface area contributed by atoms with Crippen molar-refractivity contribution in [1.82, 2.24) is 5.32 Å². The molecule has 1 amide bonds. The first-order valence-electron chi connectivity index (χ1n) is 10.1. The van der Waals surface area contributed by atoms with Crippen molar-refractivity contribution in [2.24, 2.45) is 0 Å². The van der Waals surface area contributed by atoms with Crippen LogP contribution in [0.25, 0.3) is 10.4 Å². The van der Waals surface area contributed by atoms with E-state index in [1.54, 1.807) is 13.0 Å². The molecular formula is C24H26N2O3S. The molecule has 3 aromatic rings. The molecule has 0 aliphatic heterocycles. The van der Waals surface area contributed by atoms with Gasteiger partial charge in [-0.2, -0.15) is 0 Å². The van der Waals surface area contributed by atoms with Crippen molar-refractivity contribution in [2.75, 3.05) is 18.5 Å².